The van der Waals surface area contributed by atoms with E-state index in [4.69, 9.17) is 9.47 Å². The van der Waals surface area contributed by atoms with E-state index in [9.17, 15) is 4.79 Å². The molecule has 1 heterocycles. The zero-order valence-electron chi connectivity index (χ0n) is 14.6. The van der Waals surface area contributed by atoms with Gasteiger partial charge in [0.1, 0.15) is 11.5 Å². The van der Waals surface area contributed by atoms with Crippen molar-refractivity contribution in [2.45, 2.75) is 26.7 Å². The van der Waals surface area contributed by atoms with E-state index in [-0.39, 0.29) is 5.91 Å². The van der Waals surface area contributed by atoms with Crippen LogP contribution in [-0.4, -0.2) is 39.8 Å². The van der Waals surface area contributed by atoms with Gasteiger partial charge in [0.2, 0.25) is 5.91 Å². The Labute approximate surface area is 139 Å². The van der Waals surface area contributed by atoms with Crippen molar-refractivity contribution in [1.82, 2.24) is 0 Å². The van der Waals surface area contributed by atoms with Crippen LogP contribution < -0.4 is 19.7 Å². The van der Waals surface area contributed by atoms with Gasteiger partial charge in [-0.25, -0.2) is 0 Å². The van der Waals surface area contributed by atoms with Crippen molar-refractivity contribution in [1.29, 1.82) is 0 Å². The fourth-order valence-electron chi connectivity index (χ4n) is 3.52. The van der Waals surface area contributed by atoms with E-state index in [1.165, 1.54) is 24.4 Å². The van der Waals surface area contributed by atoms with Gasteiger partial charge in [-0.2, -0.15) is 0 Å². The molecule has 1 unspecified atom stereocenters. The van der Waals surface area contributed by atoms with Gasteiger partial charge in [0, 0.05) is 35.7 Å². The lowest BCUT2D eigenvalue weighted by Gasteiger charge is -2.31. The van der Waals surface area contributed by atoms with Crippen LogP contribution in [-0.2, 0) is 4.79 Å². The second kappa shape index (κ2) is 8.20. The predicted molar refractivity (Wildman–Crippen MR) is 91.3 cm³/mol. The maximum Gasteiger partial charge on any atom is 0.230 e. The normalized spacial score (nSPS) is 24.1. The molecule has 0 aromatic heterocycles. The molecule has 0 radical (unpaired) electrons. The third kappa shape index (κ3) is 5.43. The number of piperidine rings is 1. The summed E-state index contributed by atoms with van der Waals surface area (Å²) in [7, 11) is 3.20. The summed E-state index contributed by atoms with van der Waals surface area (Å²) in [4.78, 5) is 13.7. The highest BCUT2D eigenvalue weighted by Gasteiger charge is 2.25. The van der Waals surface area contributed by atoms with E-state index in [0.717, 1.165) is 18.4 Å². The van der Waals surface area contributed by atoms with Crippen molar-refractivity contribution in [3.05, 3.63) is 18.2 Å². The minimum Gasteiger partial charge on any atom is -0.497 e. The number of benzene rings is 1. The van der Waals surface area contributed by atoms with Crippen molar-refractivity contribution in [2.24, 2.45) is 11.8 Å². The SMILES string of the molecule is COc1cc(NC(=O)CC[NH+]2C[C@H](C)C[C@H](C)C2)cc(OC)c1. The van der Waals surface area contributed by atoms with Crippen molar-refractivity contribution in [3.8, 4) is 11.5 Å². The van der Waals surface area contributed by atoms with Gasteiger partial charge in [0.05, 0.1) is 40.3 Å². The number of quaternary nitrogens is 1. The molecule has 1 fully saturated rings. The number of likely N-dealkylation sites (tertiary alicyclic amines) is 1. The fourth-order valence-corrected chi connectivity index (χ4v) is 3.52. The molecule has 0 aliphatic carbocycles. The van der Waals surface area contributed by atoms with Crippen LogP contribution in [0.3, 0.4) is 0 Å². The summed E-state index contributed by atoms with van der Waals surface area (Å²) in [5.41, 5.74) is 0.710. The highest BCUT2D eigenvalue weighted by molar-refractivity contribution is 5.91. The number of rotatable bonds is 6. The first-order valence-electron chi connectivity index (χ1n) is 8.36. The number of carbonyl (C=O) groups is 1. The van der Waals surface area contributed by atoms with Crippen molar-refractivity contribution in [3.63, 3.8) is 0 Å². The highest BCUT2D eigenvalue weighted by atomic mass is 16.5. The zero-order chi connectivity index (χ0) is 16.8. The van der Waals surface area contributed by atoms with E-state index in [0.29, 0.717) is 23.6 Å². The summed E-state index contributed by atoms with van der Waals surface area (Å²) in [5.74, 6) is 2.88. The van der Waals surface area contributed by atoms with Gasteiger partial charge in [0.15, 0.2) is 0 Å². The lowest BCUT2D eigenvalue weighted by atomic mass is 9.92. The molecule has 23 heavy (non-hydrogen) atoms. The molecular weight excluding hydrogens is 292 g/mol. The van der Waals surface area contributed by atoms with E-state index in [2.05, 4.69) is 19.2 Å². The predicted octanol–water partition coefficient (Wildman–Crippen LogP) is 1.59. The van der Waals surface area contributed by atoms with Crippen molar-refractivity contribution < 1.29 is 19.2 Å². The number of hydrogen-bond acceptors (Lipinski definition) is 3. The molecule has 1 saturated heterocycles. The van der Waals surface area contributed by atoms with Crippen LogP contribution in [0.5, 0.6) is 11.5 Å². The maximum atomic E-state index is 12.2. The zero-order valence-corrected chi connectivity index (χ0v) is 14.6. The highest BCUT2D eigenvalue weighted by Crippen LogP contribution is 2.25. The number of anilines is 1. The minimum atomic E-state index is 0.0404. The standard InChI is InChI=1S/C18H28N2O3/c1-13-7-14(2)12-20(11-13)6-5-18(21)19-15-8-16(22-3)10-17(9-15)23-4/h8-10,13-14H,5-7,11-12H2,1-4H3,(H,19,21)/p+1/t13-,14+. The van der Waals surface area contributed by atoms with Crippen LogP contribution in [0, 0.1) is 11.8 Å². The average molecular weight is 321 g/mol. The summed E-state index contributed by atoms with van der Waals surface area (Å²) < 4.78 is 10.4. The second-order valence-corrected chi connectivity index (χ2v) is 6.75. The first-order valence-corrected chi connectivity index (χ1v) is 8.36. The molecule has 2 N–H and O–H groups in total. The van der Waals surface area contributed by atoms with Crippen LogP contribution in [0.15, 0.2) is 18.2 Å². The van der Waals surface area contributed by atoms with Gasteiger partial charge in [0.25, 0.3) is 0 Å². The molecule has 1 aliphatic rings. The number of nitrogens with one attached hydrogen (secondary N) is 2. The first-order chi connectivity index (χ1) is 11.0. The first kappa shape index (κ1) is 17.6. The summed E-state index contributed by atoms with van der Waals surface area (Å²) in [5, 5.41) is 2.94. The number of amides is 1. The van der Waals surface area contributed by atoms with Gasteiger partial charge in [-0.1, -0.05) is 13.8 Å². The van der Waals surface area contributed by atoms with Crippen LogP contribution >= 0.6 is 0 Å². The Morgan fingerprint density at radius 3 is 2.22 bits per heavy atom. The summed E-state index contributed by atoms with van der Waals surface area (Å²) >= 11 is 0. The molecule has 5 heteroatoms. The smallest absolute Gasteiger partial charge is 0.230 e. The lowest BCUT2D eigenvalue weighted by Crippen LogP contribution is -3.14. The van der Waals surface area contributed by atoms with E-state index in [1.54, 1.807) is 32.4 Å². The Bertz CT molecular complexity index is 501. The third-order valence-corrected chi connectivity index (χ3v) is 4.42. The Morgan fingerprint density at radius 2 is 1.70 bits per heavy atom. The molecule has 1 amide bonds. The monoisotopic (exact) mass is 321 g/mol. The molecule has 5 nitrogen and oxygen atoms in total. The Kier molecular flexibility index (Phi) is 6.28. The van der Waals surface area contributed by atoms with Crippen molar-refractivity contribution in [2.75, 3.05) is 39.2 Å². The third-order valence-electron chi connectivity index (χ3n) is 4.42. The molecule has 1 aromatic rings. The number of methoxy groups -OCH3 is 2. The van der Waals surface area contributed by atoms with E-state index in [1.807, 2.05) is 0 Å². The number of hydrogen-bond donors (Lipinski definition) is 2. The summed E-state index contributed by atoms with van der Waals surface area (Å²) in [6, 6.07) is 5.40. The lowest BCUT2D eigenvalue weighted by molar-refractivity contribution is -0.911. The van der Waals surface area contributed by atoms with E-state index < -0.39 is 0 Å². The van der Waals surface area contributed by atoms with E-state index >= 15 is 0 Å². The quantitative estimate of drug-likeness (QED) is 0.837. The Balaban J connectivity index is 1.87. The molecule has 1 aliphatic heterocycles. The molecular formula is C18H29N2O3+. The molecule has 128 valence electrons. The van der Waals surface area contributed by atoms with Gasteiger partial charge < -0.3 is 19.7 Å². The topological polar surface area (TPSA) is 52.0 Å². The Morgan fingerprint density at radius 1 is 1.13 bits per heavy atom. The number of carbonyl (C=O) groups excluding carboxylic acids is 1. The maximum absolute atomic E-state index is 12.2. The Hall–Kier alpha value is -1.75. The second-order valence-electron chi connectivity index (χ2n) is 6.75. The number of ether oxygens (including phenoxy) is 2. The molecule has 2 rings (SSSR count). The van der Waals surface area contributed by atoms with Gasteiger partial charge in [-0.3, -0.25) is 4.79 Å². The van der Waals surface area contributed by atoms with Crippen LogP contribution in [0.1, 0.15) is 26.7 Å². The van der Waals surface area contributed by atoms with Crippen LogP contribution in [0.2, 0.25) is 0 Å². The molecule has 0 saturated carbocycles. The average Bonchev–Trinajstić information content (AvgIpc) is 2.51. The fraction of sp³-hybridized carbons (Fsp3) is 0.611. The van der Waals surface area contributed by atoms with Crippen LogP contribution in [0.25, 0.3) is 0 Å². The van der Waals surface area contributed by atoms with Gasteiger partial charge in [-0.15, -0.1) is 0 Å². The summed E-state index contributed by atoms with van der Waals surface area (Å²) in [6.45, 7) is 7.84. The van der Waals surface area contributed by atoms with Crippen LogP contribution in [0.4, 0.5) is 5.69 Å². The molecule has 3 atom stereocenters. The van der Waals surface area contributed by atoms with Gasteiger partial charge >= 0.3 is 0 Å². The van der Waals surface area contributed by atoms with Crippen molar-refractivity contribution >= 4 is 11.6 Å². The largest absolute Gasteiger partial charge is 0.497 e. The minimum absolute atomic E-state index is 0.0404. The molecule has 1 aromatic carbocycles. The van der Waals surface area contributed by atoms with Gasteiger partial charge in [-0.05, 0) is 6.42 Å². The summed E-state index contributed by atoms with van der Waals surface area (Å²) in [6.07, 6.45) is 1.84. The molecule has 0 bridgehead atoms. The molecule has 0 spiro atoms.